The minimum atomic E-state index is -0.951. The summed E-state index contributed by atoms with van der Waals surface area (Å²) in [5, 5.41) is 2.22. The van der Waals surface area contributed by atoms with E-state index in [9.17, 15) is 19.2 Å². The summed E-state index contributed by atoms with van der Waals surface area (Å²) in [6.45, 7) is 3.72. The van der Waals surface area contributed by atoms with Crippen LogP contribution >= 0.6 is 0 Å². The Kier molecular flexibility index (Phi) is 4.82. The lowest BCUT2D eigenvalue weighted by atomic mass is 9.72. The molecule has 0 aliphatic carbocycles. The molecule has 4 heterocycles. The van der Waals surface area contributed by atoms with Gasteiger partial charge in [0.1, 0.15) is 6.04 Å². The third-order valence-electron chi connectivity index (χ3n) is 7.37. The van der Waals surface area contributed by atoms with Crippen molar-refractivity contribution in [3.63, 3.8) is 0 Å². The molecule has 164 valence electrons. The van der Waals surface area contributed by atoms with Gasteiger partial charge in [0.2, 0.25) is 11.8 Å². The number of fused-ring (bicyclic) bond motifs is 1. The lowest BCUT2D eigenvalue weighted by molar-refractivity contribution is -0.136. The first-order valence-corrected chi connectivity index (χ1v) is 10.8. The highest BCUT2D eigenvalue weighted by molar-refractivity contribution is 6.23. The molecule has 2 unspecified atom stereocenters. The highest BCUT2D eigenvalue weighted by Crippen LogP contribution is 2.45. The zero-order valence-electron chi connectivity index (χ0n) is 17.3. The predicted molar refractivity (Wildman–Crippen MR) is 110 cm³/mol. The molecule has 1 aromatic carbocycles. The monoisotopic (exact) mass is 426 g/mol. The van der Waals surface area contributed by atoms with Gasteiger partial charge in [-0.15, -0.1) is 0 Å². The number of nitrogens with zero attached hydrogens (tertiary/aromatic N) is 2. The number of nitrogens with two attached hydrogens (primary N) is 1. The number of hydrogen-bond acceptors (Lipinski definition) is 7. The fourth-order valence-corrected chi connectivity index (χ4v) is 5.55. The number of imide groups is 2. The largest absolute Gasteiger partial charge is 0.381 e. The smallest absolute Gasteiger partial charge is 0.262 e. The normalized spacial score (nSPS) is 27.8. The summed E-state index contributed by atoms with van der Waals surface area (Å²) < 4.78 is 5.56. The highest BCUT2D eigenvalue weighted by atomic mass is 16.5. The topological polar surface area (TPSA) is 122 Å². The number of amides is 4. The maximum absolute atomic E-state index is 13.1. The van der Waals surface area contributed by atoms with Crippen LogP contribution in [0, 0.1) is 11.3 Å². The van der Waals surface area contributed by atoms with Gasteiger partial charge in [0, 0.05) is 38.4 Å². The second kappa shape index (κ2) is 7.42. The van der Waals surface area contributed by atoms with Crippen molar-refractivity contribution in [2.75, 3.05) is 37.7 Å². The molecule has 0 aromatic heterocycles. The van der Waals surface area contributed by atoms with Crippen molar-refractivity contribution in [1.29, 1.82) is 0 Å². The molecule has 9 nitrogen and oxygen atoms in total. The second-order valence-corrected chi connectivity index (χ2v) is 8.96. The van der Waals surface area contributed by atoms with Crippen LogP contribution in [0.5, 0.6) is 0 Å². The van der Waals surface area contributed by atoms with Crippen LogP contribution in [-0.2, 0) is 14.3 Å². The predicted octanol–water partition coefficient (Wildman–Crippen LogP) is 0.280. The molecule has 3 fully saturated rings. The van der Waals surface area contributed by atoms with E-state index in [1.54, 1.807) is 12.1 Å². The minimum absolute atomic E-state index is 0.106. The number of benzene rings is 1. The van der Waals surface area contributed by atoms with Gasteiger partial charge in [-0.2, -0.15) is 0 Å². The van der Waals surface area contributed by atoms with E-state index < -0.39 is 23.8 Å². The van der Waals surface area contributed by atoms with E-state index in [-0.39, 0.29) is 24.2 Å². The molecule has 0 radical (unpaired) electrons. The summed E-state index contributed by atoms with van der Waals surface area (Å²) in [7, 11) is 0. The molecule has 31 heavy (non-hydrogen) atoms. The summed E-state index contributed by atoms with van der Waals surface area (Å²) >= 11 is 0. The van der Waals surface area contributed by atoms with Gasteiger partial charge in [-0.3, -0.25) is 29.4 Å². The Morgan fingerprint density at radius 3 is 2.55 bits per heavy atom. The van der Waals surface area contributed by atoms with Crippen LogP contribution in [0.25, 0.3) is 0 Å². The average Bonchev–Trinajstić information content (AvgIpc) is 3.24. The Bertz CT molecular complexity index is 971. The lowest BCUT2D eigenvalue weighted by Crippen LogP contribution is -2.54. The van der Waals surface area contributed by atoms with Gasteiger partial charge >= 0.3 is 0 Å². The number of carbonyl (C=O) groups is 4. The number of ether oxygens (including phenoxy) is 1. The summed E-state index contributed by atoms with van der Waals surface area (Å²) in [5.41, 5.74) is 7.71. The maximum atomic E-state index is 13.1. The molecule has 9 heteroatoms. The van der Waals surface area contributed by atoms with Crippen molar-refractivity contribution in [1.82, 2.24) is 10.2 Å². The number of anilines is 1. The molecular weight excluding hydrogens is 400 g/mol. The Morgan fingerprint density at radius 2 is 1.84 bits per heavy atom. The number of nitrogens with one attached hydrogen (secondary N) is 1. The van der Waals surface area contributed by atoms with Crippen LogP contribution in [-0.4, -0.2) is 67.4 Å². The molecule has 4 aliphatic heterocycles. The summed E-state index contributed by atoms with van der Waals surface area (Å²) in [4.78, 5) is 52.9. The van der Waals surface area contributed by atoms with Crippen molar-refractivity contribution in [2.24, 2.45) is 17.1 Å². The molecule has 4 amide bonds. The van der Waals surface area contributed by atoms with E-state index in [1.807, 2.05) is 6.07 Å². The molecule has 1 aromatic rings. The molecule has 2 atom stereocenters. The van der Waals surface area contributed by atoms with Crippen LogP contribution in [0.1, 0.15) is 46.4 Å². The molecule has 1 spiro atoms. The Balaban J connectivity index is 1.41. The molecule has 3 N–H and O–H groups in total. The van der Waals surface area contributed by atoms with Crippen LogP contribution in [0.3, 0.4) is 0 Å². The second-order valence-electron chi connectivity index (χ2n) is 8.96. The van der Waals surface area contributed by atoms with Crippen molar-refractivity contribution in [2.45, 2.75) is 31.7 Å². The van der Waals surface area contributed by atoms with E-state index >= 15 is 0 Å². The fraction of sp³-hybridized carbons (Fsp3) is 0.545. The van der Waals surface area contributed by atoms with Gasteiger partial charge in [-0.05, 0) is 55.3 Å². The van der Waals surface area contributed by atoms with E-state index in [2.05, 4.69) is 10.2 Å². The molecule has 0 bridgehead atoms. The zero-order valence-corrected chi connectivity index (χ0v) is 17.3. The van der Waals surface area contributed by atoms with Gasteiger partial charge in [0.15, 0.2) is 0 Å². The first-order valence-electron chi connectivity index (χ1n) is 10.8. The van der Waals surface area contributed by atoms with Crippen molar-refractivity contribution < 1.29 is 23.9 Å². The molecular formula is C22H26N4O5. The van der Waals surface area contributed by atoms with Crippen molar-refractivity contribution >= 4 is 29.3 Å². The van der Waals surface area contributed by atoms with Crippen LogP contribution < -0.4 is 16.0 Å². The van der Waals surface area contributed by atoms with Gasteiger partial charge in [0.25, 0.3) is 11.8 Å². The Labute approximate surface area is 179 Å². The van der Waals surface area contributed by atoms with Gasteiger partial charge in [-0.1, -0.05) is 0 Å². The van der Waals surface area contributed by atoms with Crippen LogP contribution in [0.2, 0.25) is 0 Å². The number of rotatable bonds is 3. The Morgan fingerprint density at radius 1 is 1.10 bits per heavy atom. The summed E-state index contributed by atoms with van der Waals surface area (Å²) in [6, 6.07) is 4.34. The molecule has 4 aliphatic rings. The number of carbonyl (C=O) groups excluding carboxylic acids is 4. The standard InChI is InChI=1S/C22H26N4O5/c23-10-13-11-25(12-22(13)5-7-31-8-6-22)14-1-2-15-16(9-14)21(30)26(20(15)29)17-3-4-18(27)24-19(17)28/h1-2,9,13,17H,3-8,10-12,23H2,(H,24,27,28). The van der Waals surface area contributed by atoms with E-state index in [1.165, 1.54) is 0 Å². The van der Waals surface area contributed by atoms with Crippen LogP contribution in [0.15, 0.2) is 18.2 Å². The van der Waals surface area contributed by atoms with E-state index in [4.69, 9.17) is 10.5 Å². The quantitative estimate of drug-likeness (QED) is 0.666. The van der Waals surface area contributed by atoms with Crippen molar-refractivity contribution in [3.05, 3.63) is 29.3 Å². The average molecular weight is 426 g/mol. The summed E-state index contributed by atoms with van der Waals surface area (Å²) in [6.07, 6.45) is 2.20. The van der Waals surface area contributed by atoms with Crippen molar-refractivity contribution in [3.8, 4) is 0 Å². The zero-order chi connectivity index (χ0) is 21.8. The number of piperidine rings is 1. The molecule has 3 saturated heterocycles. The van der Waals surface area contributed by atoms with Gasteiger partial charge < -0.3 is 15.4 Å². The first kappa shape index (κ1) is 20.1. The van der Waals surface area contributed by atoms with Crippen LogP contribution in [0.4, 0.5) is 5.69 Å². The SMILES string of the molecule is NCC1CN(c2ccc3c(c2)C(=O)N(C2CCC(=O)NC2=O)C3=O)CC12CCOCC2. The highest BCUT2D eigenvalue weighted by Gasteiger charge is 2.48. The molecule has 0 saturated carbocycles. The lowest BCUT2D eigenvalue weighted by Gasteiger charge is -2.37. The summed E-state index contributed by atoms with van der Waals surface area (Å²) in [5.74, 6) is -1.60. The minimum Gasteiger partial charge on any atom is -0.381 e. The van der Waals surface area contributed by atoms with E-state index in [0.29, 0.717) is 23.6 Å². The van der Waals surface area contributed by atoms with Gasteiger partial charge in [-0.25, -0.2) is 0 Å². The third kappa shape index (κ3) is 3.14. The van der Waals surface area contributed by atoms with E-state index in [0.717, 1.165) is 49.7 Å². The first-order chi connectivity index (χ1) is 14.9. The Hall–Kier alpha value is -2.78. The molecule has 5 rings (SSSR count). The number of hydrogen-bond donors (Lipinski definition) is 2. The third-order valence-corrected chi connectivity index (χ3v) is 7.37. The maximum Gasteiger partial charge on any atom is 0.262 e. The fourth-order valence-electron chi connectivity index (χ4n) is 5.55. The van der Waals surface area contributed by atoms with Gasteiger partial charge in [0.05, 0.1) is 11.1 Å².